The molecule has 16 heavy (non-hydrogen) atoms. The van der Waals surface area contributed by atoms with Crippen LogP contribution in [0, 0.1) is 5.92 Å². The van der Waals surface area contributed by atoms with Crippen LogP contribution in [-0.2, 0) is 4.74 Å². The molecule has 2 nitrogen and oxygen atoms in total. The topological polar surface area (TPSA) is 21.3 Å². The molecule has 1 saturated carbocycles. The van der Waals surface area contributed by atoms with E-state index >= 15 is 0 Å². The van der Waals surface area contributed by atoms with Crippen LogP contribution in [0.15, 0.2) is 24.3 Å². The second-order valence-electron chi connectivity index (χ2n) is 4.34. The average molecular weight is 240 g/mol. The van der Waals surface area contributed by atoms with Gasteiger partial charge in [-0.05, 0) is 31.9 Å². The van der Waals surface area contributed by atoms with Gasteiger partial charge in [0.05, 0.1) is 12.7 Å². The summed E-state index contributed by atoms with van der Waals surface area (Å²) in [4.78, 5) is 0. The highest BCUT2D eigenvalue weighted by Gasteiger charge is 2.24. The third kappa shape index (κ3) is 3.21. The Morgan fingerprint density at radius 1 is 1.44 bits per heavy atom. The summed E-state index contributed by atoms with van der Waals surface area (Å²) in [5.41, 5.74) is 1.08. The van der Waals surface area contributed by atoms with Gasteiger partial charge < -0.3 is 10.1 Å². The molecule has 1 aromatic carbocycles. The minimum atomic E-state index is 0.0688. The molecule has 0 aromatic heterocycles. The molecule has 3 heteroatoms. The van der Waals surface area contributed by atoms with Crippen molar-refractivity contribution in [2.75, 3.05) is 20.2 Å². The maximum absolute atomic E-state index is 6.18. The van der Waals surface area contributed by atoms with Crippen molar-refractivity contribution >= 4 is 11.6 Å². The fourth-order valence-electron chi connectivity index (χ4n) is 1.72. The number of nitrogens with one attached hydrogen (secondary N) is 1. The van der Waals surface area contributed by atoms with Gasteiger partial charge in [0.2, 0.25) is 0 Å². The predicted molar refractivity (Wildman–Crippen MR) is 66.8 cm³/mol. The SMILES string of the molecule is CNCC(OCC1CC1)c1ccccc1Cl. The first-order chi connectivity index (χ1) is 7.81. The van der Waals surface area contributed by atoms with Gasteiger partial charge in [-0.15, -0.1) is 0 Å². The lowest BCUT2D eigenvalue weighted by Gasteiger charge is -2.19. The molecule has 0 heterocycles. The smallest absolute Gasteiger partial charge is 0.0963 e. The van der Waals surface area contributed by atoms with Gasteiger partial charge in [-0.3, -0.25) is 0 Å². The van der Waals surface area contributed by atoms with Gasteiger partial charge in [0.25, 0.3) is 0 Å². The molecule has 88 valence electrons. The maximum Gasteiger partial charge on any atom is 0.0963 e. The van der Waals surface area contributed by atoms with Gasteiger partial charge in [0.1, 0.15) is 0 Å². The summed E-state index contributed by atoms with van der Waals surface area (Å²) in [5.74, 6) is 0.779. The lowest BCUT2D eigenvalue weighted by atomic mass is 10.1. The molecule has 1 aromatic rings. The number of halogens is 1. The van der Waals surface area contributed by atoms with Crippen molar-refractivity contribution in [2.24, 2.45) is 5.92 Å². The van der Waals surface area contributed by atoms with E-state index in [1.165, 1.54) is 12.8 Å². The van der Waals surface area contributed by atoms with Crippen LogP contribution in [0.1, 0.15) is 24.5 Å². The van der Waals surface area contributed by atoms with Gasteiger partial charge in [0.15, 0.2) is 0 Å². The third-order valence-electron chi connectivity index (χ3n) is 2.87. The minimum Gasteiger partial charge on any atom is -0.372 e. The molecular formula is C13H18ClNO. The predicted octanol–water partition coefficient (Wildman–Crippen LogP) is 3.03. The summed E-state index contributed by atoms with van der Waals surface area (Å²) in [6, 6.07) is 7.91. The molecule has 0 radical (unpaired) electrons. The molecule has 1 unspecified atom stereocenters. The lowest BCUT2D eigenvalue weighted by Crippen LogP contribution is -2.20. The van der Waals surface area contributed by atoms with Crippen molar-refractivity contribution in [3.8, 4) is 0 Å². The Morgan fingerprint density at radius 2 is 2.19 bits per heavy atom. The van der Waals surface area contributed by atoms with Crippen LogP contribution in [0.25, 0.3) is 0 Å². The van der Waals surface area contributed by atoms with Crippen LogP contribution in [0.5, 0.6) is 0 Å². The molecule has 2 rings (SSSR count). The van der Waals surface area contributed by atoms with Crippen molar-refractivity contribution in [3.05, 3.63) is 34.9 Å². The van der Waals surface area contributed by atoms with Crippen molar-refractivity contribution in [3.63, 3.8) is 0 Å². The summed E-state index contributed by atoms with van der Waals surface area (Å²) in [6.45, 7) is 1.66. The Bertz CT molecular complexity index is 338. The summed E-state index contributed by atoms with van der Waals surface area (Å²) in [5, 5.41) is 3.94. The summed E-state index contributed by atoms with van der Waals surface area (Å²) in [6.07, 6.45) is 2.70. The van der Waals surface area contributed by atoms with Crippen LogP contribution in [-0.4, -0.2) is 20.2 Å². The van der Waals surface area contributed by atoms with E-state index in [4.69, 9.17) is 16.3 Å². The largest absolute Gasteiger partial charge is 0.372 e. The fraction of sp³-hybridized carbons (Fsp3) is 0.538. The molecule has 1 N–H and O–H groups in total. The van der Waals surface area contributed by atoms with Crippen LogP contribution < -0.4 is 5.32 Å². The van der Waals surface area contributed by atoms with E-state index in [0.29, 0.717) is 0 Å². The number of ether oxygens (including phenoxy) is 1. The Morgan fingerprint density at radius 3 is 2.81 bits per heavy atom. The number of likely N-dealkylation sites (N-methyl/N-ethyl adjacent to an activating group) is 1. The quantitative estimate of drug-likeness (QED) is 0.824. The fourth-order valence-corrected chi connectivity index (χ4v) is 1.97. The molecule has 1 aliphatic carbocycles. The zero-order valence-electron chi connectivity index (χ0n) is 9.58. The van der Waals surface area contributed by atoms with Crippen molar-refractivity contribution in [1.29, 1.82) is 0 Å². The van der Waals surface area contributed by atoms with Gasteiger partial charge in [-0.2, -0.15) is 0 Å². The first-order valence-electron chi connectivity index (χ1n) is 5.82. The van der Waals surface area contributed by atoms with E-state index in [0.717, 1.165) is 29.7 Å². The summed E-state index contributed by atoms with van der Waals surface area (Å²) in [7, 11) is 1.93. The standard InChI is InChI=1S/C13H18ClNO/c1-15-8-13(16-9-10-6-7-10)11-4-2-3-5-12(11)14/h2-5,10,13,15H,6-9H2,1H3. The molecule has 1 fully saturated rings. The highest BCUT2D eigenvalue weighted by molar-refractivity contribution is 6.31. The summed E-state index contributed by atoms with van der Waals surface area (Å²) >= 11 is 6.18. The van der Waals surface area contributed by atoms with E-state index in [1.807, 2.05) is 31.3 Å². The Kier molecular flexibility index (Phi) is 4.22. The van der Waals surface area contributed by atoms with E-state index in [1.54, 1.807) is 0 Å². The number of benzene rings is 1. The molecule has 0 bridgehead atoms. The van der Waals surface area contributed by atoms with Gasteiger partial charge in [0, 0.05) is 17.1 Å². The van der Waals surface area contributed by atoms with Crippen molar-refractivity contribution < 1.29 is 4.74 Å². The molecular weight excluding hydrogens is 222 g/mol. The average Bonchev–Trinajstić information content (AvgIpc) is 3.09. The Balaban J connectivity index is 2.01. The first kappa shape index (κ1) is 11.9. The summed E-state index contributed by atoms with van der Waals surface area (Å²) < 4.78 is 5.93. The Hall–Kier alpha value is -0.570. The molecule has 1 aliphatic rings. The molecule has 0 saturated heterocycles. The third-order valence-corrected chi connectivity index (χ3v) is 3.22. The maximum atomic E-state index is 6.18. The second-order valence-corrected chi connectivity index (χ2v) is 4.75. The highest BCUT2D eigenvalue weighted by atomic mass is 35.5. The zero-order chi connectivity index (χ0) is 11.4. The van der Waals surface area contributed by atoms with E-state index in [2.05, 4.69) is 5.32 Å². The minimum absolute atomic E-state index is 0.0688. The Labute approximate surface area is 102 Å². The van der Waals surface area contributed by atoms with Crippen LogP contribution >= 0.6 is 11.6 Å². The van der Waals surface area contributed by atoms with Gasteiger partial charge >= 0.3 is 0 Å². The van der Waals surface area contributed by atoms with Crippen LogP contribution in [0.2, 0.25) is 5.02 Å². The molecule has 1 atom stereocenters. The van der Waals surface area contributed by atoms with E-state index < -0.39 is 0 Å². The zero-order valence-corrected chi connectivity index (χ0v) is 10.3. The van der Waals surface area contributed by atoms with E-state index in [9.17, 15) is 0 Å². The van der Waals surface area contributed by atoms with Crippen molar-refractivity contribution in [2.45, 2.75) is 18.9 Å². The van der Waals surface area contributed by atoms with Crippen LogP contribution in [0.4, 0.5) is 0 Å². The number of hydrogen-bond acceptors (Lipinski definition) is 2. The normalized spacial score (nSPS) is 17.4. The lowest BCUT2D eigenvalue weighted by molar-refractivity contribution is 0.0465. The van der Waals surface area contributed by atoms with Gasteiger partial charge in [-0.1, -0.05) is 29.8 Å². The highest BCUT2D eigenvalue weighted by Crippen LogP contribution is 2.32. The monoisotopic (exact) mass is 239 g/mol. The molecule has 0 aliphatic heterocycles. The molecule has 0 spiro atoms. The first-order valence-corrected chi connectivity index (χ1v) is 6.19. The number of rotatable bonds is 6. The second kappa shape index (κ2) is 5.67. The number of hydrogen-bond donors (Lipinski definition) is 1. The molecule has 0 amide bonds. The van der Waals surface area contributed by atoms with Crippen LogP contribution in [0.3, 0.4) is 0 Å². The van der Waals surface area contributed by atoms with E-state index in [-0.39, 0.29) is 6.10 Å². The van der Waals surface area contributed by atoms with Crippen molar-refractivity contribution in [1.82, 2.24) is 5.32 Å². The van der Waals surface area contributed by atoms with Gasteiger partial charge in [-0.25, -0.2) is 0 Å².